The number of likely N-dealkylation sites (tertiary alicyclic amines) is 2. The van der Waals surface area contributed by atoms with Crippen LogP contribution >= 0.6 is 0 Å². The van der Waals surface area contributed by atoms with Crippen molar-refractivity contribution in [3.8, 4) is 0 Å². The quantitative estimate of drug-likeness (QED) is 0.688. The molecule has 30 heavy (non-hydrogen) atoms. The van der Waals surface area contributed by atoms with Gasteiger partial charge in [0.15, 0.2) is 5.76 Å². The van der Waals surface area contributed by atoms with E-state index in [1.807, 2.05) is 25.7 Å². The minimum absolute atomic E-state index is 0.0563. The zero-order valence-corrected chi connectivity index (χ0v) is 18.5. The normalized spacial score (nSPS) is 28.3. The minimum Gasteiger partial charge on any atom is -0.490 e. The van der Waals surface area contributed by atoms with Crippen LogP contribution in [0.25, 0.3) is 0 Å². The number of nitrogens with zero attached hydrogens (tertiary/aromatic N) is 3. The maximum Gasteiger partial charge on any atom is 0.410 e. The Morgan fingerprint density at radius 3 is 2.60 bits per heavy atom. The first kappa shape index (κ1) is 21.0. The lowest BCUT2D eigenvalue weighted by atomic mass is 9.77. The Kier molecular flexibility index (Phi) is 5.22. The van der Waals surface area contributed by atoms with Crippen molar-refractivity contribution in [1.82, 2.24) is 9.80 Å². The van der Waals surface area contributed by atoms with Crippen molar-refractivity contribution in [2.24, 2.45) is 10.4 Å². The molecule has 166 valence electrons. The topological polar surface area (TPSA) is 80.7 Å². The summed E-state index contributed by atoms with van der Waals surface area (Å²) in [5.74, 6) is 1.74. The zero-order chi connectivity index (χ0) is 21.6. The van der Waals surface area contributed by atoms with Crippen molar-refractivity contribution in [3.63, 3.8) is 0 Å². The first-order valence-electron chi connectivity index (χ1n) is 10.9. The molecule has 2 fully saturated rings. The Morgan fingerprint density at radius 2 is 1.90 bits per heavy atom. The maximum atomic E-state index is 12.9. The molecule has 0 radical (unpaired) electrons. The van der Waals surface area contributed by atoms with Crippen LogP contribution in [-0.4, -0.2) is 78.5 Å². The van der Waals surface area contributed by atoms with Gasteiger partial charge in [0.25, 0.3) is 0 Å². The highest BCUT2D eigenvalue weighted by molar-refractivity contribution is 5.81. The van der Waals surface area contributed by atoms with Crippen molar-refractivity contribution in [3.05, 3.63) is 11.5 Å². The third-order valence-corrected chi connectivity index (χ3v) is 6.34. The van der Waals surface area contributed by atoms with Crippen LogP contribution in [-0.2, 0) is 19.0 Å². The van der Waals surface area contributed by atoms with Gasteiger partial charge in [0.05, 0.1) is 11.8 Å². The fraction of sp³-hybridized carbons (Fsp3) is 0.773. The van der Waals surface area contributed by atoms with Crippen LogP contribution < -0.4 is 0 Å². The molecule has 1 atom stereocenters. The summed E-state index contributed by atoms with van der Waals surface area (Å²) in [6.45, 7) is 11.4. The highest BCUT2D eigenvalue weighted by atomic mass is 16.6. The van der Waals surface area contributed by atoms with Crippen molar-refractivity contribution < 1.29 is 23.8 Å². The van der Waals surface area contributed by atoms with E-state index in [0.29, 0.717) is 45.7 Å². The summed E-state index contributed by atoms with van der Waals surface area (Å²) in [6.07, 6.45) is 4.31. The van der Waals surface area contributed by atoms with Gasteiger partial charge >= 0.3 is 6.09 Å². The smallest absolute Gasteiger partial charge is 0.410 e. The van der Waals surface area contributed by atoms with E-state index in [1.165, 1.54) is 0 Å². The zero-order valence-electron chi connectivity index (χ0n) is 18.5. The monoisotopic (exact) mass is 419 g/mol. The number of amides is 2. The van der Waals surface area contributed by atoms with E-state index in [4.69, 9.17) is 19.2 Å². The van der Waals surface area contributed by atoms with Gasteiger partial charge in [-0.3, -0.25) is 9.79 Å². The van der Waals surface area contributed by atoms with Crippen molar-refractivity contribution >= 4 is 18.2 Å². The van der Waals surface area contributed by atoms with E-state index in [1.54, 1.807) is 11.1 Å². The van der Waals surface area contributed by atoms with E-state index in [2.05, 4.69) is 6.92 Å². The number of piperidine rings is 1. The van der Waals surface area contributed by atoms with Crippen molar-refractivity contribution in [2.45, 2.75) is 64.5 Å². The second-order valence-electron chi connectivity index (χ2n) is 10.3. The van der Waals surface area contributed by atoms with Gasteiger partial charge in [-0.15, -0.1) is 0 Å². The van der Waals surface area contributed by atoms with Crippen LogP contribution in [0.4, 0.5) is 4.79 Å². The van der Waals surface area contributed by atoms with Gasteiger partial charge in [0.1, 0.15) is 24.6 Å². The molecule has 4 aliphatic rings. The van der Waals surface area contributed by atoms with Gasteiger partial charge in [-0.1, -0.05) is 0 Å². The molecule has 2 saturated heterocycles. The molecule has 0 saturated carbocycles. The molecule has 0 aliphatic carbocycles. The number of allylic oxidation sites excluding steroid dienone is 1. The summed E-state index contributed by atoms with van der Waals surface area (Å²) >= 11 is 0. The van der Waals surface area contributed by atoms with Crippen molar-refractivity contribution in [1.29, 1.82) is 0 Å². The third kappa shape index (κ3) is 4.42. The Bertz CT molecular complexity index is 776. The predicted molar refractivity (Wildman–Crippen MR) is 111 cm³/mol. The summed E-state index contributed by atoms with van der Waals surface area (Å²) in [7, 11) is 0. The van der Waals surface area contributed by atoms with Gasteiger partial charge in [-0.2, -0.15) is 0 Å². The lowest BCUT2D eigenvalue weighted by Crippen LogP contribution is -2.47. The van der Waals surface area contributed by atoms with Gasteiger partial charge in [0, 0.05) is 44.4 Å². The molecule has 0 aromatic rings. The maximum absolute atomic E-state index is 12.9. The Balaban J connectivity index is 1.34. The molecule has 4 aliphatic heterocycles. The number of carbonyl (C=O) groups is 2. The molecule has 2 amide bonds. The second kappa shape index (κ2) is 7.46. The van der Waals surface area contributed by atoms with Crippen LogP contribution in [0.2, 0.25) is 0 Å². The fourth-order valence-electron chi connectivity index (χ4n) is 4.78. The second-order valence-corrected chi connectivity index (χ2v) is 10.3. The highest BCUT2D eigenvalue weighted by Crippen LogP contribution is 2.42. The number of aliphatic imine (C=N–C) groups is 1. The molecule has 0 N–H and O–H groups in total. The van der Waals surface area contributed by atoms with Crippen LogP contribution in [0.15, 0.2) is 16.5 Å². The van der Waals surface area contributed by atoms with E-state index >= 15 is 0 Å². The largest absolute Gasteiger partial charge is 0.490 e. The molecule has 4 rings (SSSR count). The SMILES string of the molecule is CC1(CN2CC3(CCN(C(=O)OC(C)(C)C)CC3)CC2=O)CC2=C(C=N1)OCCO2. The molecule has 8 heteroatoms. The molecule has 0 aromatic heterocycles. The average molecular weight is 420 g/mol. The molecule has 8 nitrogen and oxygen atoms in total. The van der Waals surface area contributed by atoms with E-state index in [9.17, 15) is 9.59 Å². The summed E-state index contributed by atoms with van der Waals surface area (Å²) in [6, 6.07) is 0. The molecular formula is C22H33N3O5. The Labute approximate surface area is 178 Å². The Hall–Kier alpha value is -2.25. The third-order valence-electron chi connectivity index (χ3n) is 6.34. The summed E-state index contributed by atoms with van der Waals surface area (Å²) < 4.78 is 16.9. The number of dihydropyridines is 1. The summed E-state index contributed by atoms with van der Waals surface area (Å²) in [4.78, 5) is 33.6. The van der Waals surface area contributed by atoms with Gasteiger partial charge < -0.3 is 24.0 Å². The molecule has 0 aromatic carbocycles. The van der Waals surface area contributed by atoms with Crippen LogP contribution in [0, 0.1) is 5.41 Å². The number of ether oxygens (including phenoxy) is 3. The van der Waals surface area contributed by atoms with E-state index in [-0.39, 0.29) is 17.4 Å². The van der Waals surface area contributed by atoms with Gasteiger partial charge in [-0.25, -0.2) is 4.79 Å². The lowest BCUT2D eigenvalue weighted by molar-refractivity contribution is -0.128. The number of hydrogen-bond acceptors (Lipinski definition) is 6. The molecular weight excluding hydrogens is 386 g/mol. The van der Waals surface area contributed by atoms with E-state index < -0.39 is 11.1 Å². The highest BCUT2D eigenvalue weighted by Gasteiger charge is 2.47. The summed E-state index contributed by atoms with van der Waals surface area (Å²) in [5.41, 5.74) is -0.957. The minimum atomic E-state index is -0.495. The molecule has 0 bridgehead atoms. The van der Waals surface area contributed by atoms with Crippen LogP contribution in [0.3, 0.4) is 0 Å². The van der Waals surface area contributed by atoms with Crippen LogP contribution in [0.1, 0.15) is 53.4 Å². The van der Waals surface area contributed by atoms with Gasteiger partial charge in [-0.05, 0) is 40.5 Å². The summed E-state index contributed by atoms with van der Waals surface area (Å²) in [5, 5.41) is 0. The van der Waals surface area contributed by atoms with Gasteiger partial charge in [0.2, 0.25) is 5.91 Å². The number of carbonyl (C=O) groups excluding carboxylic acids is 2. The average Bonchev–Trinajstić information content (AvgIpc) is 2.95. The predicted octanol–water partition coefficient (Wildman–Crippen LogP) is 2.73. The molecule has 1 spiro atoms. The molecule has 4 heterocycles. The lowest BCUT2D eigenvalue weighted by Gasteiger charge is -2.40. The van der Waals surface area contributed by atoms with Crippen molar-refractivity contribution in [2.75, 3.05) is 39.4 Å². The standard InChI is InChI=1S/C22H33N3O5/c1-20(2,3)30-19(27)24-7-5-22(6-8-24)12-18(26)25(15-22)14-21(4)11-16-17(13-23-21)29-10-9-28-16/h13H,5-12,14-15H2,1-4H3. The molecule has 1 unspecified atom stereocenters. The van der Waals surface area contributed by atoms with E-state index in [0.717, 1.165) is 30.9 Å². The number of rotatable bonds is 2. The van der Waals surface area contributed by atoms with Crippen LogP contribution in [0.5, 0.6) is 0 Å². The number of hydrogen-bond donors (Lipinski definition) is 0. The fourth-order valence-corrected chi connectivity index (χ4v) is 4.78. The Morgan fingerprint density at radius 1 is 1.20 bits per heavy atom. The first-order valence-corrected chi connectivity index (χ1v) is 10.9. The first-order chi connectivity index (χ1) is 14.1.